The standard InChI is InChI=1S/C35H32F2N4O/c1-21-32(22(2)40-34(39-21)41-14-12-35(20-38,13-15-41)25-6-4-3-5-7-25)28-10-11-31(36)30(33(28)37)19-42-26-8-9-27-23(17-26)16-24-18-29(24)27/h3-11,17,24,29H,12-16,18-19H2,1-2H3. The van der Waals surface area contributed by atoms with Crippen LogP contribution in [0.2, 0.25) is 0 Å². The van der Waals surface area contributed by atoms with Gasteiger partial charge >= 0.3 is 0 Å². The van der Waals surface area contributed by atoms with E-state index < -0.39 is 17.0 Å². The van der Waals surface area contributed by atoms with Gasteiger partial charge in [0.1, 0.15) is 24.0 Å². The van der Waals surface area contributed by atoms with Crippen molar-refractivity contribution < 1.29 is 13.5 Å². The summed E-state index contributed by atoms with van der Waals surface area (Å²) in [7, 11) is 0. The van der Waals surface area contributed by atoms with E-state index in [0.29, 0.717) is 60.5 Å². The number of nitriles is 1. The zero-order valence-electron chi connectivity index (χ0n) is 23.8. The zero-order valence-corrected chi connectivity index (χ0v) is 23.8. The lowest BCUT2D eigenvalue weighted by atomic mass is 9.74. The maximum Gasteiger partial charge on any atom is 0.225 e. The number of hydrogen-bond donors (Lipinski definition) is 0. The van der Waals surface area contributed by atoms with Crippen LogP contribution in [-0.4, -0.2) is 23.1 Å². The van der Waals surface area contributed by atoms with Gasteiger partial charge in [-0.3, -0.25) is 0 Å². The highest BCUT2D eigenvalue weighted by molar-refractivity contribution is 5.70. The van der Waals surface area contributed by atoms with Crippen LogP contribution < -0.4 is 9.64 Å². The first-order valence-electron chi connectivity index (χ1n) is 14.7. The summed E-state index contributed by atoms with van der Waals surface area (Å²) >= 11 is 0. The molecule has 7 heteroatoms. The number of rotatable bonds is 6. The van der Waals surface area contributed by atoms with E-state index in [1.807, 2.05) is 56.3 Å². The van der Waals surface area contributed by atoms with Crippen molar-refractivity contribution in [2.75, 3.05) is 18.0 Å². The first kappa shape index (κ1) is 26.6. The Morgan fingerprint density at radius 3 is 2.45 bits per heavy atom. The maximum atomic E-state index is 15.9. The molecular formula is C35H32F2N4O. The SMILES string of the molecule is Cc1nc(N2CCC(C#N)(c3ccccc3)CC2)nc(C)c1-c1ccc(F)c(COc2ccc3c(c2)CC2CC32)c1F. The smallest absolute Gasteiger partial charge is 0.225 e. The van der Waals surface area contributed by atoms with Gasteiger partial charge in [-0.2, -0.15) is 5.26 Å². The molecule has 5 nitrogen and oxygen atoms in total. The normalized spacial score (nSPS) is 20.0. The monoisotopic (exact) mass is 562 g/mol. The van der Waals surface area contributed by atoms with Crippen LogP contribution in [0.5, 0.6) is 5.75 Å². The lowest BCUT2D eigenvalue weighted by Crippen LogP contribution is -2.42. The minimum absolute atomic E-state index is 0.108. The van der Waals surface area contributed by atoms with E-state index >= 15 is 4.39 Å². The summed E-state index contributed by atoms with van der Waals surface area (Å²) in [4.78, 5) is 11.6. The summed E-state index contributed by atoms with van der Waals surface area (Å²) in [5, 5.41) is 10.1. The minimum Gasteiger partial charge on any atom is -0.489 e. The van der Waals surface area contributed by atoms with Gasteiger partial charge < -0.3 is 9.64 Å². The largest absolute Gasteiger partial charge is 0.489 e. The molecule has 2 unspecified atom stereocenters. The van der Waals surface area contributed by atoms with Crippen molar-refractivity contribution in [3.05, 3.63) is 106 Å². The van der Waals surface area contributed by atoms with Crippen LogP contribution in [0.1, 0.15) is 58.8 Å². The number of ether oxygens (including phenoxy) is 1. The molecule has 7 rings (SSSR count). The average molecular weight is 563 g/mol. The van der Waals surface area contributed by atoms with Gasteiger partial charge in [0.25, 0.3) is 0 Å². The first-order chi connectivity index (χ1) is 20.4. The van der Waals surface area contributed by atoms with Crippen LogP contribution in [0.3, 0.4) is 0 Å². The molecule has 0 amide bonds. The third-order valence-electron chi connectivity index (χ3n) is 9.46. The molecule has 1 aromatic heterocycles. The summed E-state index contributed by atoms with van der Waals surface area (Å²) < 4.78 is 36.6. The van der Waals surface area contributed by atoms with Crippen LogP contribution >= 0.6 is 0 Å². The maximum absolute atomic E-state index is 15.9. The van der Waals surface area contributed by atoms with Crippen LogP contribution in [0.4, 0.5) is 14.7 Å². The van der Waals surface area contributed by atoms with Crippen LogP contribution in [0.25, 0.3) is 11.1 Å². The predicted octanol–water partition coefficient (Wildman–Crippen LogP) is 7.34. The van der Waals surface area contributed by atoms with Crippen molar-refractivity contribution in [1.82, 2.24) is 9.97 Å². The molecule has 2 atom stereocenters. The van der Waals surface area contributed by atoms with E-state index in [2.05, 4.69) is 17.0 Å². The van der Waals surface area contributed by atoms with E-state index in [0.717, 1.165) is 17.9 Å². The van der Waals surface area contributed by atoms with Crippen molar-refractivity contribution >= 4 is 5.95 Å². The summed E-state index contributed by atoms with van der Waals surface area (Å²) in [5.74, 6) is 1.36. The topological polar surface area (TPSA) is 62.0 Å². The molecule has 1 saturated heterocycles. The molecule has 4 aromatic rings. The number of fused-ring (bicyclic) bond motifs is 3. The van der Waals surface area contributed by atoms with Crippen molar-refractivity contribution in [3.63, 3.8) is 0 Å². The number of aromatic nitrogens is 2. The quantitative estimate of drug-likeness (QED) is 0.246. The van der Waals surface area contributed by atoms with Gasteiger partial charge in [0.05, 0.1) is 28.4 Å². The van der Waals surface area contributed by atoms with Gasteiger partial charge in [0.15, 0.2) is 0 Å². The molecule has 3 aromatic carbocycles. The molecule has 212 valence electrons. The van der Waals surface area contributed by atoms with Gasteiger partial charge in [0, 0.05) is 24.2 Å². The van der Waals surface area contributed by atoms with Gasteiger partial charge in [0.2, 0.25) is 5.95 Å². The first-order valence-corrected chi connectivity index (χ1v) is 14.7. The Kier molecular flexibility index (Phi) is 6.46. The molecule has 2 heterocycles. The average Bonchev–Trinajstić information content (AvgIpc) is 3.68. The summed E-state index contributed by atoms with van der Waals surface area (Å²) in [5.41, 5.74) is 5.14. The van der Waals surface area contributed by atoms with E-state index in [1.54, 1.807) is 0 Å². The minimum atomic E-state index is -0.653. The predicted molar refractivity (Wildman–Crippen MR) is 157 cm³/mol. The fourth-order valence-corrected chi connectivity index (χ4v) is 6.97. The Bertz CT molecular complexity index is 1700. The van der Waals surface area contributed by atoms with Crippen LogP contribution in [0.15, 0.2) is 60.7 Å². The number of aryl methyl sites for hydroxylation is 2. The summed E-state index contributed by atoms with van der Waals surface area (Å²) in [6, 6.07) is 21.3. The highest BCUT2D eigenvalue weighted by Gasteiger charge is 2.45. The van der Waals surface area contributed by atoms with E-state index in [-0.39, 0.29) is 17.7 Å². The van der Waals surface area contributed by atoms with Gasteiger partial charge in [-0.15, -0.1) is 0 Å². The number of piperidine rings is 1. The number of hydrogen-bond acceptors (Lipinski definition) is 5. The van der Waals surface area contributed by atoms with Crippen LogP contribution in [0, 0.1) is 42.7 Å². The van der Waals surface area contributed by atoms with E-state index in [9.17, 15) is 9.65 Å². The molecular weight excluding hydrogens is 530 g/mol. The second-order valence-electron chi connectivity index (χ2n) is 12.0. The molecule has 3 aliphatic rings. The van der Waals surface area contributed by atoms with E-state index in [4.69, 9.17) is 14.7 Å². The van der Waals surface area contributed by atoms with Crippen molar-refractivity contribution in [3.8, 4) is 22.9 Å². The number of anilines is 1. The molecule has 0 bridgehead atoms. The Morgan fingerprint density at radius 2 is 1.74 bits per heavy atom. The second kappa shape index (κ2) is 10.2. The highest BCUT2D eigenvalue weighted by atomic mass is 19.1. The molecule has 2 fully saturated rings. The fraction of sp³-hybridized carbons (Fsp3) is 0.343. The van der Waals surface area contributed by atoms with Crippen molar-refractivity contribution in [2.45, 2.75) is 57.5 Å². The summed E-state index contributed by atoms with van der Waals surface area (Å²) in [6.45, 7) is 4.72. The molecule has 2 aliphatic carbocycles. The lowest BCUT2D eigenvalue weighted by Gasteiger charge is -2.37. The summed E-state index contributed by atoms with van der Waals surface area (Å²) in [6.07, 6.45) is 3.66. The van der Waals surface area contributed by atoms with Gasteiger partial charge in [-0.1, -0.05) is 36.4 Å². The Balaban J connectivity index is 1.11. The number of benzene rings is 3. The third-order valence-corrected chi connectivity index (χ3v) is 9.46. The Morgan fingerprint density at radius 1 is 1.00 bits per heavy atom. The van der Waals surface area contributed by atoms with Crippen molar-refractivity contribution in [1.29, 1.82) is 5.26 Å². The Hall–Kier alpha value is -4.31. The third kappa shape index (κ3) is 4.50. The van der Waals surface area contributed by atoms with Crippen molar-refractivity contribution in [2.24, 2.45) is 5.92 Å². The molecule has 1 aliphatic heterocycles. The van der Waals surface area contributed by atoms with Gasteiger partial charge in [-0.05, 0) is 92.3 Å². The lowest BCUT2D eigenvalue weighted by molar-refractivity contribution is 0.292. The second-order valence-corrected chi connectivity index (χ2v) is 12.0. The zero-order chi connectivity index (χ0) is 29.0. The molecule has 0 N–H and O–H groups in total. The van der Waals surface area contributed by atoms with E-state index in [1.165, 1.54) is 29.7 Å². The fourth-order valence-electron chi connectivity index (χ4n) is 6.97. The van der Waals surface area contributed by atoms with Gasteiger partial charge in [-0.25, -0.2) is 18.7 Å². The molecule has 0 radical (unpaired) electrons. The number of nitrogens with zero attached hydrogens (tertiary/aromatic N) is 4. The molecule has 42 heavy (non-hydrogen) atoms. The Labute approximate surface area is 244 Å². The molecule has 0 spiro atoms. The van der Waals surface area contributed by atoms with Crippen LogP contribution in [-0.2, 0) is 18.4 Å². The highest BCUT2D eigenvalue weighted by Crippen LogP contribution is 2.56. The number of halogens is 2. The molecule has 1 saturated carbocycles.